The van der Waals surface area contributed by atoms with Gasteiger partial charge in [0.05, 0.1) is 0 Å². The minimum atomic E-state index is -0.982. The van der Waals surface area contributed by atoms with Crippen LogP contribution in [-0.4, -0.2) is 21.4 Å². The van der Waals surface area contributed by atoms with Gasteiger partial charge >= 0.3 is 5.97 Å². The fraction of sp³-hybridized carbons (Fsp3) is 0.455. The van der Waals surface area contributed by atoms with Crippen LogP contribution in [0.5, 0.6) is 0 Å². The molecule has 0 aliphatic heterocycles. The molecular weight excluding hydrogens is 194 g/mol. The summed E-state index contributed by atoms with van der Waals surface area (Å²) in [6, 6.07) is 0. The number of nitrogens with zero attached hydrogens (tertiary/aromatic N) is 1. The first-order valence-electron chi connectivity index (χ1n) is 4.85. The first-order chi connectivity index (χ1) is 6.91. The van der Waals surface area contributed by atoms with Crippen LogP contribution in [0.25, 0.3) is 0 Å². The number of carboxylic acid groups (broad SMARTS) is 1. The molecule has 4 nitrogen and oxygen atoms in total. The van der Waals surface area contributed by atoms with Crippen molar-refractivity contribution in [3.8, 4) is 0 Å². The number of hydrogen-bond acceptors (Lipinski definition) is 2. The van der Waals surface area contributed by atoms with E-state index in [1.54, 1.807) is 18.4 Å². The standard InChI is InChI=1S/C11H15NO3/c1-5-12-7(3)9(8(4)13)6(2)10(12)11(14)15/h5H2,1-4H3,(H,14,15). The highest BCUT2D eigenvalue weighted by Gasteiger charge is 2.23. The zero-order valence-electron chi connectivity index (χ0n) is 9.42. The molecule has 1 heterocycles. The lowest BCUT2D eigenvalue weighted by Gasteiger charge is -2.05. The molecule has 0 unspecified atom stereocenters. The third kappa shape index (κ3) is 1.67. The maximum atomic E-state index is 11.4. The van der Waals surface area contributed by atoms with Crippen molar-refractivity contribution in [2.45, 2.75) is 34.2 Å². The van der Waals surface area contributed by atoms with Gasteiger partial charge < -0.3 is 9.67 Å². The number of ketones is 1. The van der Waals surface area contributed by atoms with Gasteiger partial charge in [-0.3, -0.25) is 4.79 Å². The van der Waals surface area contributed by atoms with Crippen molar-refractivity contribution < 1.29 is 14.7 Å². The summed E-state index contributed by atoms with van der Waals surface area (Å²) in [5, 5.41) is 9.07. The lowest BCUT2D eigenvalue weighted by molar-refractivity contribution is 0.0684. The summed E-state index contributed by atoms with van der Waals surface area (Å²) in [6.45, 7) is 7.34. The molecule has 82 valence electrons. The van der Waals surface area contributed by atoms with E-state index in [9.17, 15) is 9.59 Å². The number of carbonyl (C=O) groups excluding carboxylic acids is 1. The summed E-state index contributed by atoms with van der Waals surface area (Å²) in [5.74, 6) is -1.07. The van der Waals surface area contributed by atoms with Crippen molar-refractivity contribution in [2.75, 3.05) is 0 Å². The van der Waals surface area contributed by atoms with Crippen molar-refractivity contribution in [2.24, 2.45) is 0 Å². The fourth-order valence-corrected chi connectivity index (χ4v) is 2.08. The normalized spacial score (nSPS) is 10.4. The predicted octanol–water partition coefficient (Wildman–Crippen LogP) is 2.03. The molecule has 4 heteroatoms. The van der Waals surface area contributed by atoms with E-state index < -0.39 is 5.97 Å². The average molecular weight is 209 g/mol. The average Bonchev–Trinajstić information content (AvgIpc) is 2.36. The Morgan fingerprint density at radius 1 is 1.33 bits per heavy atom. The van der Waals surface area contributed by atoms with E-state index in [1.807, 2.05) is 6.92 Å². The summed E-state index contributed by atoms with van der Waals surface area (Å²) in [6.07, 6.45) is 0. The van der Waals surface area contributed by atoms with Crippen LogP contribution in [0.4, 0.5) is 0 Å². The molecule has 1 aromatic heterocycles. The van der Waals surface area contributed by atoms with E-state index in [-0.39, 0.29) is 11.5 Å². The third-order valence-corrected chi connectivity index (χ3v) is 2.64. The van der Waals surface area contributed by atoms with Crippen LogP contribution in [0.2, 0.25) is 0 Å². The molecule has 0 aliphatic rings. The first-order valence-corrected chi connectivity index (χ1v) is 4.85. The van der Waals surface area contributed by atoms with Crippen molar-refractivity contribution in [1.82, 2.24) is 4.57 Å². The molecule has 0 spiro atoms. The van der Waals surface area contributed by atoms with Gasteiger partial charge in [0.25, 0.3) is 0 Å². The second kappa shape index (κ2) is 3.88. The molecule has 1 N–H and O–H groups in total. The van der Waals surface area contributed by atoms with E-state index in [1.165, 1.54) is 6.92 Å². The number of hydrogen-bond donors (Lipinski definition) is 1. The zero-order chi connectivity index (χ0) is 11.7. The second-order valence-electron chi connectivity index (χ2n) is 3.54. The number of aromatic carboxylic acids is 1. The third-order valence-electron chi connectivity index (χ3n) is 2.64. The molecule has 0 fully saturated rings. The Morgan fingerprint density at radius 2 is 1.87 bits per heavy atom. The molecule has 0 bridgehead atoms. The first kappa shape index (κ1) is 11.5. The van der Waals surface area contributed by atoms with Gasteiger partial charge in [-0.05, 0) is 33.3 Å². The van der Waals surface area contributed by atoms with Crippen LogP contribution in [0, 0.1) is 13.8 Å². The number of carboxylic acids is 1. The summed E-state index contributed by atoms with van der Waals surface area (Å²) < 4.78 is 1.66. The van der Waals surface area contributed by atoms with E-state index >= 15 is 0 Å². The topological polar surface area (TPSA) is 59.3 Å². The maximum absolute atomic E-state index is 11.4. The van der Waals surface area contributed by atoms with Gasteiger partial charge in [-0.15, -0.1) is 0 Å². The molecule has 0 aliphatic carbocycles. The minimum Gasteiger partial charge on any atom is -0.477 e. The number of Topliss-reactive ketones (excluding diaryl/α,β-unsaturated/α-hetero) is 1. The maximum Gasteiger partial charge on any atom is 0.352 e. The summed E-state index contributed by atoms with van der Waals surface area (Å²) in [4.78, 5) is 22.4. The molecule has 0 saturated heterocycles. The lowest BCUT2D eigenvalue weighted by Crippen LogP contribution is -2.09. The van der Waals surface area contributed by atoms with E-state index in [0.29, 0.717) is 17.7 Å². The van der Waals surface area contributed by atoms with Crippen LogP contribution in [0.1, 0.15) is 46.0 Å². The van der Waals surface area contributed by atoms with Gasteiger partial charge in [0.15, 0.2) is 5.78 Å². The smallest absolute Gasteiger partial charge is 0.352 e. The van der Waals surface area contributed by atoms with Gasteiger partial charge in [0, 0.05) is 17.8 Å². The second-order valence-corrected chi connectivity index (χ2v) is 3.54. The van der Waals surface area contributed by atoms with Crippen molar-refractivity contribution in [3.63, 3.8) is 0 Å². The Bertz CT molecular complexity index is 430. The number of rotatable bonds is 3. The molecule has 15 heavy (non-hydrogen) atoms. The Labute approximate surface area is 88.5 Å². The largest absolute Gasteiger partial charge is 0.477 e. The summed E-state index contributed by atoms with van der Waals surface area (Å²) in [5.41, 5.74) is 2.06. The molecular formula is C11H15NO3. The molecule has 0 radical (unpaired) electrons. The fourth-order valence-electron chi connectivity index (χ4n) is 2.08. The van der Waals surface area contributed by atoms with Gasteiger partial charge in [0.1, 0.15) is 5.69 Å². The van der Waals surface area contributed by atoms with E-state index in [0.717, 1.165) is 5.69 Å². The Kier molecular flexibility index (Phi) is 2.98. The summed E-state index contributed by atoms with van der Waals surface area (Å²) >= 11 is 0. The number of aromatic nitrogens is 1. The SMILES string of the molecule is CCn1c(C)c(C(C)=O)c(C)c1C(=O)O. The molecule has 0 amide bonds. The molecule has 1 rings (SSSR count). The van der Waals surface area contributed by atoms with E-state index in [4.69, 9.17) is 5.11 Å². The Morgan fingerprint density at radius 3 is 2.13 bits per heavy atom. The van der Waals surface area contributed by atoms with Crippen LogP contribution < -0.4 is 0 Å². The highest BCUT2D eigenvalue weighted by atomic mass is 16.4. The van der Waals surface area contributed by atoms with Gasteiger partial charge in [-0.2, -0.15) is 0 Å². The predicted molar refractivity (Wildman–Crippen MR) is 56.5 cm³/mol. The van der Waals surface area contributed by atoms with Gasteiger partial charge in [-0.25, -0.2) is 4.79 Å². The molecule has 0 atom stereocenters. The quantitative estimate of drug-likeness (QED) is 0.775. The van der Waals surface area contributed by atoms with Crippen molar-refractivity contribution in [1.29, 1.82) is 0 Å². The molecule has 0 aromatic carbocycles. The lowest BCUT2D eigenvalue weighted by atomic mass is 10.1. The van der Waals surface area contributed by atoms with Crippen LogP contribution in [-0.2, 0) is 6.54 Å². The highest BCUT2D eigenvalue weighted by Crippen LogP contribution is 2.22. The summed E-state index contributed by atoms with van der Waals surface area (Å²) in [7, 11) is 0. The zero-order valence-corrected chi connectivity index (χ0v) is 9.42. The van der Waals surface area contributed by atoms with Crippen LogP contribution in [0.15, 0.2) is 0 Å². The van der Waals surface area contributed by atoms with Crippen LogP contribution >= 0.6 is 0 Å². The number of carbonyl (C=O) groups is 2. The van der Waals surface area contributed by atoms with Gasteiger partial charge in [0.2, 0.25) is 0 Å². The molecule has 1 aromatic rings. The highest BCUT2D eigenvalue weighted by molar-refractivity contribution is 6.01. The monoisotopic (exact) mass is 209 g/mol. The van der Waals surface area contributed by atoms with Crippen molar-refractivity contribution in [3.05, 3.63) is 22.5 Å². The van der Waals surface area contributed by atoms with Crippen molar-refractivity contribution >= 4 is 11.8 Å². The molecule has 0 saturated carbocycles. The van der Waals surface area contributed by atoms with E-state index in [2.05, 4.69) is 0 Å². The van der Waals surface area contributed by atoms with Gasteiger partial charge in [-0.1, -0.05) is 0 Å². The Hall–Kier alpha value is -1.58. The minimum absolute atomic E-state index is 0.0836. The Balaban J connectivity index is 3.59. The van der Waals surface area contributed by atoms with Crippen LogP contribution in [0.3, 0.4) is 0 Å².